The Morgan fingerprint density at radius 2 is 1.27 bits per heavy atom. The molecule has 37 heavy (non-hydrogen) atoms. The molecule has 0 radical (unpaired) electrons. The Labute approximate surface area is 210 Å². The van der Waals surface area contributed by atoms with Crippen molar-refractivity contribution >= 4 is 39.3 Å². The lowest BCUT2D eigenvalue weighted by molar-refractivity contribution is -0.122. The quantitative estimate of drug-likeness (QED) is 0.357. The van der Waals surface area contributed by atoms with E-state index in [9.17, 15) is 19.2 Å². The number of hydrogen-bond acceptors (Lipinski definition) is 6. The maximum Gasteiger partial charge on any atom is 0.246 e. The van der Waals surface area contributed by atoms with E-state index in [1.54, 1.807) is 66.7 Å². The lowest BCUT2D eigenvalue weighted by atomic mass is 10.2. The van der Waals surface area contributed by atoms with Crippen molar-refractivity contribution in [2.45, 2.75) is 19.6 Å². The number of carbonyl (C=O) groups excluding carboxylic acids is 2. The zero-order valence-electron chi connectivity index (χ0n) is 19.6. The van der Waals surface area contributed by atoms with Gasteiger partial charge in [-0.1, -0.05) is 36.4 Å². The third-order valence-electron chi connectivity index (χ3n) is 5.81. The number of amides is 2. The van der Waals surface area contributed by atoms with Crippen LogP contribution in [0, 0.1) is 0 Å². The van der Waals surface area contributed by atoms with Gasteiger partial charge in [0.25, 0.3) is 0 Å². The van der Waals surface area contributed by atoms with E-state index in [2.05, 4.69) is 20.8 Å². The fourth-order valence-electron chi connectivity index (χ4n) is 4.06. The number of aromatic nitrogens is 4. The van der Waals surface area contributed by atoms with Crippen LogP contribution in [0.25, 0.3) is 21.8 Å². The molecule has 0 saturated carbocycles. The van der Waals surface area contributed by atoms with E-state index < -0.39 is 0 Å². The lowest BCUT2D eigenvalue weighted by Gasteiger charge is -2.12. The Hall–Kier alpha value is -5.12. The summed E-state index contributed by atoms with van der Waals surface area (Å²) in [6.45, 7) is 0.131. The number of rotatable bonds is 7. The summed E-state index contributed by atoms with van der Waals surface area (Å²) in [4.78, 5) is 49.2. The second-order valence-electron chi connectivity index (χ2n) is 8.39. The normalized spacial score (nSPS) is 10.9. The van der Waals surface area contributed by atoms with Gasteiger partial charge < -0.3 is 10.6 Å². The van der Waals surface area contributed by atoms with Crippen molar-refractivity contribution in [3.05, 3.63) is 111 Å². The van der Waals surface area contributed by atoms with Crippen LogP contribution in [0.1, 0.15) is 5.56 Å². The molecule has 2 amide bonds. The first-order chi connectivity index (χ1) is 18.0. The van der Waals surface area contributed by atoms with Crippen molar-refractivity contribution in [2.24, 2.45) is 0 Å². The van der Waals surface area contributed by atoms with Gasteiger partial charge in [0, 0.05) is 23.0 Å². The Balaban J connectivity index is 1.21. The van der Waals surface area contributed by atoms with Crippen LogP contribution >= 0.6 is 0 Å². The molecule has 0 spiro atoms. The number of carbonyl (C=O) groups is 2. The fraction of sp³-hybridized carbons (Fsp3) is 0.111. The Kier molecular flexibility index (Phi) is 6.54. The minimum Gasteiger partial charge on any atom is -0.350 e. The van der Waals surface area contributed by atoms with Crippen LogP contribution in [0.3, 0.4) is 0 Å². The van der Waals surface area contributed by atoms with Crippen molar-refractivity contribution < 1.29 is 9.59 Å². The summed E-state index contributed by atoms with van der Waals surface area (Å²) in [7, 11) is 0. The Morgan fingerprint density at radius 1 is 0.703 bits per heavy atom. The molecule has 2 N–H and O–H groups in total. The van der Waals surface area contributed by atoms with Crippen LogP contribution in [0.4, 0.5) is 5.69 Å². The van der Waals surface area contributed by atoms with Gasteiger partial charge in [-0.15, -0.1) is 0 Å². The highest BCUT2D eigenvalue weighted by molar-refractivity contribution is 5.91. The van der Waals surface area contributed by atoms with Gasteiger partial charge in [-0.25, -0.2) is 0 Å². The third kappa shape index (κ3) is 5.27. The van der Waals surface area contributed by atoms with E-state index in [-0.39, 0.29) is 42.3 Å². The second kappa shape index (κ2) is 10.2. The first kappa shape index (κ1) is 23.6. The van der Waals surface area contributed by atoms with E-state index in [1.165, 1.54) is 21.8 Å². The average molecular weight is 495 g/mol. The average Bonchev–Trinajstić information content (AvgIpc) is 2.91. The first-order valence-electron chi connectivity index (χ1n) is 11.5. The first-order valence-corrected chi connectivity index (χ1v) is 11.5. The minimum absolute atomic E-state index is 0.0441. The van der Waals surface area contributed by atoms with E-state index in [4.69, 9.17) is 0 Å². The summed E-state index contributed by atoms with van der Waals surface area (Å²) < 4.78 is 2.96. The minimum atomic E-state index is -0.307. The molecule has 0 fully saturated rings. The molecule has 5 aromatic rings. The van der Waals surface area contributed by atoms with Gasteiger partial charge in [0.15, 0.2) is 0 Å². The standard InChI is InChI=1S/C27H22N6O4/c34-24-14-29-32(22-10-3-1-8-20(22)24)16-26(36)28-13-18-6-5-7-19(12-18)31-27(37)17-33-23-11-4-2-9-21(23)25(35)15-30-33/h1-12,14-15H,13,16-17H2,(H,28,36)(H,31,37). The molecule has 2 heterocycles. The largest absolute Gasteiger partial charge is 0.350 e. The summed E-state index contributed by atoms with van der Waals surface area (Å²) >= 11 is 0. The molecule has 0 aliphatic rings. The summed E-state index contributed by atoms with van der Waals surface area (Å²) in [5.41, 5.74) is 2.11. The van der Waals surface area contributed by atoms with Crippen molar-refractivity contribution in [1.29, 1.82) is 0 Å². The van der Waals surface area contributed by atoms with Crippen LogP contribution < -0.4 is 21.5 Å². The summed E-state index contributed by atoms with van der Waals surface area (Å²) in [6, 6.07) is 21.1. The van der Waals surface area contributed by atoms with E-state index in [1.807, 2.05) is 6.07 Å². The van der Waals surface area contributed by atoms with Crippen molar-refractivity contribution in [3.63, 3.8) is 0 Å². The molecular formula is C27H22N6O4. The van der Waals surface area contributed by atoms with Crippen LogP contribution in [0.15, 0.2) is 94.8 Å². The highest BCUT2D eigenvalue weighted by Gasteiger charge is 2.10. The Morgan fingerprint density at radius 3 is 1.89 bits per heavy atom. The number of hydrogen-bond donors (Lipinski definition) is 2. The van der Waals surface area contributed by atoms with Crippen LogP contribution in [-0.4, -0.2) is 31.4 Å². The van der Waals surface area contributed by atoms with Crippen molar-refractivity contribution in [2.75, 3.05) is 5.32 Å². The van der Waals surface area contributed by atoms with Gasteiger partial charge in [0.2, 0.25) is 22.7 Å². The molecule has 184 valence electrons. The molecule has 3 aromatic carbocycles. The molecule has 2 aromatic heterocycles. The zero-order valence-corrected chi connectivity index (χ0v) is 19.6. The molecule has 0 aliphatic carbocycles. The highest BCUT2D eigenvalue weighted by Crippen LogP contribution is 2.13. The Bertz CT molecular complexity index is 1760. The predicted molar refractivity (Wildman–Crippen MR) is 139 cm³/mol. The molecule has 0 bridgehead atoms. The van der Waals surface area contributed by atoms with Crippen molar-refractivity contribution in [3.8, 4) is 0 Å². The molecule has 0 atom stereocenters. The van der Waals surface area contributed by atoms with E-state index in [0.717, 1.165) is 5.56 Å². The lowest BCUT2D eigenvalue weighted by Crippen LogP contribution is -2.28. The smallest absolute Gasteiger partial charge is 0.246 e. The number of nitrogens with zero attached hydrogens (tertiary/aromatic N) is 4. The molecule has 10 nitrogen and oxygen atoms in total. The second-order valence-corrected chi connectivity index (χ2v) is 8.39. The number of para-hydroxylation sites is 2. The summed E-state index contributed by atoms with van der Waals surface area (Å²) in [6.07, 6.45) is 2.40. The molecule has 0 saturated heterocycles. The SMILES string of the molecule is O=C(Cn1ncc(=O)c2ccccc21)NCc1cccc(NC(=O)Cn2ncc(=O)c3ccccc32)c1. The number of benzene rings is 3. The van der Waals surface area contributed by atoms with Gasteiger partial charge in [-0.3, -0.25) is 28.5 Å². The molecular weight excluding hydrogens is 472 g/mol. The van der Waals surface area contributed by atoms with Gasteiger partial charge in [-0.05, 0) is 42.0 Å². The van der Waals surface area contributed by atoms with Crippen LogP contribution in [0.5, 0.6) is 0 Å². The fourth-order valence-corrected chi connectivity index (χ4v) is 4.06. The monoisotopic (exact) mass is 494 g/mol. The van der Waals surface area contributed by atoms with E-state index >= 15 is 0 Å². The van der Waals surface area contributed by atoms with Gasteiger partial charge in [-0.2, -0.15) is 10.2 Å². The molecule has 0 unspecified atom stereocenters. The van der Waals surface area contributed by atoms with E-state index in [0.29, 0.717) is 27.5 Å². The number of nitrogens with one attached hydrogen (secondary N) is 2. The zero-order chi connectivity index (χ0) is 25.8. The topological polar surface area (TPSA) is 128 Å². The maximum atomic E-state index is 12.7. The van der Waals surface area contributed by atoms with Gasteiger partial charge in [0.1, 0.15) is 13.1 Å². The summed E-state index contributed by atoms with van der Waals surface area (Å²) in [5.74, 6) is -0.578. The van der Waals surface area contributed by atoms with Gasteiger partial charge >= 0.3 is 0 Å². The predicted octanol–water partition coefficient (Wildman–Crippen LogP) is 2.06. The molecule has 10 heteroatoms. The van der Waals surface area contributed by atoms with Crippen LogP contribution in [-0.2, 0) is 29.2 Å². The molecule has 0 aliphatic heterocycles. The van der Waals surface area contributed by atoms with Crippen molar-refractivity contribution in [1.82, 2.24) is 24.9 Å². The third-order valence-corrected chi connectivity index (χ3v) is 5.81. The maximum absolute atomic E-state index is 12.7. The highest BCUT2D eigenvalue weighted by atomic mass is 16.2. The van der Waals surface area contributed by atoms with Gasteiger partial charge in [0.05, 0.1) is 23.4 Å². The molecule has 5 rings (SSSR count). The van der Waals surface area contributed by atoms with Crippen LogP contribution in [0.2, 0.25) is 0 Å². The summed E-state index contributed by atoms with van der Waals surface area (Å²) in [5, 5.41) is 14.8. The number of fused-ring (bicyclic) bond motifs is 2. The number of anilines is 1.